The lowest BCUT2D eigenvalue weighted by Gasteiger charge is -2.77. The van der Waals surface area contributed by atoms with Crippen molar-refractivity contribution in [2.45, 2.75) is 134 Å². The van der Waals surface area contributed by atoms with Crippen molar-refractivity contribution in [2.24, 2.45) is 34.0 Å². The first-order valence-corrected chi connectivity index (χ1v) is 18.8. The van der Waals surface area contributed by atoms with Gasteiger partial charge < -0.3 is 47.0 Å². The molecule has 3 spiro atoms. The van der Waals surface area contributed by atoms with Crippen molar-refractivity contribution in [1.29, 1.82) is 0 Å². The Morgan fingerprint density at radius 2 is 1.62 bits per heavy atom. The number of hydrogen-bond donors (Lipinski definition) is 0. The standard InChI is InChI=1S/C39H48O16/c1-19(2)29(45)51-31-38-25(15-26(43)46-9)32(6,28(49-20(3)40)23-10-13-47-16-23)11-12-36(38)35-18-48-27(44)14-24(35)33(7)17-37(35,54-34(8,53-36)55-38)39(31,52-22(5)42)30(33)50-21(4)41/h10,13,16,19,24-25,28,30-31H,11-12,14-15,17-18H2,1-9H3/t24?,25-,28-,30+,31+,32-,33-,34?,35?,36-,37?,38+,39+/m0/s1. The van der Waals surface area contributed by atoms with E-state index in [0.717, 1.165) is 0 Å². The van der Waals surface area contributed by atoms with Crippen LogP contribution < -0.4 is 0 Å². The maximum Gasteiger partial charge on any atom is 0.308 e. The second kappa shape index (κ2) is 11.5. The van der Waals surface area contributed by atoms with Crippen LogP contribution in [-0.2, 0) is 71.4 Å². The topological polar surface area (TPSA) is 199 Å². The molecule has 4 saturated carbocycles. The Morgan fingerprint density at radius 3 is 2.22 bits per heavy atom. The maximum absolute atomic E-state index is 14.3. The summed E-state index contributed by atoms with van der Waals surface area (Å²) in [6, 6.07) is 1.65. The number of fused-ring (bicyclic) bond motifs is 3. The minimum Gasteiger partial charge on any atom is -0.472 e. The van der Waals surface area contributed by atoms with Crippen molar-refractivity contribution in [1.82, 2.24) is 0 Å². The molecule has 55 heavy (non-hydrogen) atoms. The lowest BCUT2D eigenvalue weighted by atomic mass is 9.33. The van der Waals surface area contributed by atoms with Gasteiger partial charge in [-0.25, -0.2) is 0 Å². The van der Waals surface area contributed by atoms with Crippen LogP contribution in [-0.4, -0.2) is 90.1 Å². The van der Waals surface area contributed by atoms with Crippen LogP contribution in [0.5, 0.6) is 0 Å². The molecule has 3 aliphatic heterocycles. The molecule has 0 aromatic carbocycles. The second-order valence-corrected chi connectivity index (χ2v) is 17.4. The van der Waals surface area contributed by atoms with Crippen molar-refractivity contribution in [3.8, 4) is 0 Å². The van der Waals surface area contributed by atoms with Gasteiger partial charge in [0.1, 0.15) is 29.5 Å². The second-order valence-electron chi connectivity index (χ2n) is 17.4. The molecule has 13 atom stereocenters. The number of methoxy groups -OCH3 is 1. The first-order chi connectivity index (χ1) is 25.7. The van der Waals surface area contributed by atoms with Crippen LogP contribution in [0.2, 0.25) is 0 Å². The van der Waals surface area contributed by atoms with E-state index < -0.39 is 123 Å². The minimum atomic E-state index is -2.17. The third-order valence-corrected chi connectivity index (χ3v) is 14.4. The molecule has 16 heteroatoms. The zero-order chi connectivity index (χ0) is 39.9. The summed E-state index contributed by atoms with van der Waals surface area (Å²) >= 11 is 0. The summed E-state index contributed by atoms with van der Waals surface area (Å²) in [5, 5.41) is 0. The van der Waals surface area contributed by atoms with E-state index in [1.807, 2.05) is 13.8 Å². The van der Waals surface area contributed by atoms with Crippen molar-refractivity contribution in [3.05, 3.63) is 24.2 Å². The number of carbonyl (C=O) groups excluding carboxylic acids is 6. The van der Waals surface area contributed by atoms with Gasteiger partial charge in [0.05, 0.1) is 37.4 Å². The molecule has 0 amide bonds. The van der Waals surface area contributed by atoms with Crippen LogP contribution in [0, 0.1) is 34.0 Å². The fourth-order valence-corrected chi connectivity index (χ4v) is 13.1. The first kappa shape index (κ1) is 37.9. The third-order valence-electron chi connectivity index (χ3n) is 14.4. The molecule has 4 bridgehead atoms. The fourth-order valence-electron chi connectivity index (χ4n) is 13.1. The summed E-state index contributed by atoms with van der Waals surface area (Å²) in [6.07, 6.45) is -1.46. The number of cyclic esters (lactones) is 1. The molecular formula is C39H48O16. The monoisotopic (exact) mass is 772 g/mol. The van der Waals surface area contributed by atoms with E-state index in [2.05, 4.69) is 0 Å². The molecule has 4 unspecified atom stereocenters. The zero-order valence-corrected chi connectivity index (χ0v) is 32.5. The number of esters is 6. The van der Waals surface area contributed by atoms with E-state index in [-0.39, 0.29) is 32.3 Å². The van der Waals surface area contributed by atoms with Crippen LogP contribution in [0.3, 0.4) is 0 Å². The van der Waals surface area contributed by atoms with E-state index in [1.54, 1.807) is 26.8 Å². The smallest absolute Gasteiger partial charge is 0.308 e. The zero-order valence-electron chi connectivity index (χ0n) is 32.5. The van der Waals surface area contributed by atoms with Gasteiger partial charge in [-0.3, -0.25) is 28.8 Å². The first-order valence-electron chi connectivity index (χ1n) is 18.8. The molecule has 3 saturated heterocycles. The van der Waals surface area contributed by atoms with Crippen LogP contribution in [0.1, 0.15) is 99.2 Å². The Labute approximate surface area is 317 Å². The Morgan fingerprint density at radius 1 is 0.909 bits per heavy atom. The van der Waals surface area contributed by atoms with E-state index in [1.165, 1.54) is 40.4 Å². The Bertz CT molecular complexity index is 1870. The van der Waals surface area contributed by atoms with Gasteiger partial charge in [-0.05, 0) is 31.2 Å². The average Bonchev–Trinajstić information content (AvgIpc) is 3.80. The molecule has 7 aliphatic rings. The molecule has 300 valence electrons. The number of hydrogen-bond acceptors (Lipinski definition) is 16. The normalized spacial score (nSPS) is 45.9. The highest BCUT2D eigenvalue weighted by atomic mass is 16.9. The van der Waals surface area contributed by atoms with E-state index in [4.69, 9.17) is 47.0 Å². The molecule has 0 N–H and O–H groups in total. The van der Waals surface area contributed by atoms with Gasteiger partial charge in [0, 0.05) is 56.4 Å². The summed E-state index contributed by atoms with van der Waals surface area (Å²) in [7, 11) is 1.23. The largest absolute Gasteiger partial charge is 0.472 e. The maximum atomic E-state index is 14.3. The van der Waals surface area contributed by atoms with Gasteiger partial charge in [-0.1, -0.05) is 27.7 Å². The predicted octanol–water partition coefficient (Wildman–Crippen LogP) is 3.62. The number of ether oxygens (including phenoxy) is 9. The number of furan rings is 1. The van der Waals surface area contributed by atoms with Crippen molar-refractivity contribution < 1.29 is 75.8 Å². The van der Waals surface area contributed by atoms with Crippen LogP contribution in [0.15, 0.2) is 23.0 Å². The van der Waals surface area contributed by atoms with E-state index in [0.29, 0.717) is 5.56 Å². The van der Waals surface area contributed by atoms with Gasteiger partial charge in [0.15, 0.2) is 12.2 Å². The Hall–Kier alpha value is -4.02. The average molecular weight is 773 g/mol. The molecule has 4 aliphatic carbocycles. The number of carbonyl (C=O) groups is 6. The third kappa shape index (κ3) is 4.23. The molecule has 1 aromatic heterocycles. The molecule has 4 heterocycles. The Kier molecular flexibility index (Phi) is 7.94. The molecule has 8 rings (SSSR count). The van der Waals surface area contributed by atoms with Crippen LogP contribution >= 0.6 is 0 Å². The van der Waals surface area contributed by atoms with Crippen molar-refractivity contribution in [3.63, 3.8) is 0 Å². The summed E-state index contributed by atoms with van der Waals surface area (Å²) in [5.74, 6) is -8.63. The highest BCUT2D eigenvalue weighted by Crippen LogP contribution is 2.90. The van der Waals surface area contributed by atoms with Gasteiger partial charge in [0.25, 0.3) is 5.97 Å². The summed E-state index contributed by atoms with van der Waals surface area (Å²) in [5.41, 5.74) is -10.9. The SMILES string of the molecule is COC(=O)C[C@H]1[C@@](C)([C@@H](OC(C)=O)c2ccoc2)CC[C@]23OC4(C)OC56C[C@@](C)(C7CC(=O)OCC752)[C@@H](OC(C)=O)[C@@]6(OC(C)=O)[C@H](OC(=O)C(C)C)[C@]13O4. The Balaban J connectivity index is 1.53. The van der Waals surface area contributed by atoms with Crippen molar-refractivity contribution >= 4 is 35.8 Å². The fraction of sp³-hybridized carbons (Fsp3) is 0.744. The summed E-state index contributed by atoms with van der Waals surface area (Å²) in [4.78, 5) is 81.6. The lowest BCUT2D eigenvalue weighted by Crippen LogP contribution is -2.95. The summed E-state index contributed by atoms with van der Waals surface area (Å²) < 4.78 is 64.3. The minimum absolute atomic E-state index is 0.0619. The van der Waals surface area contributed by atoms with E-state index in [9.17, 15) is 28.8 Å². The van der Waals surface area contributed by atoms with Gasteiger partial charge in [-0.15, -0.1) is 0 Å². The van der Waals surface area contributed by atoms with Crippen LogP contribution in [0.25, 0.3) is 0 Å². The van der Waals surface area contributed by atoms with Crippen molar-refractivity contribution in [2.75, 3.05) is 13.7 Å². The van der Waals surface area contributed by atoms with Gasteiger partial charge in [-0.2, -0.15) is 0 Å². The van der Waals surface area contributed by atoms with Gasteiger partial charge >= 0.3 is 35.8 Å². The molecule has 0 radical (unpaired) electrons. The highest BCUT2D eigenvalue weighted by molar-refractivity contribution is 5.76. The van der Waals surface area contributed by atoms with Crippen LogP contribution in [0.4, 0.5) is 0 Å². The van der Waals surface area contributed by atoms with E-state index >= 15 is 0 Å². The highest BCUT2D eigenvalue weighted by Gasteiger charge is 3.06. The number of rotatable bonds is 9. The molecule has 7 fully saturated rings. The van der Waals surface area contributed by atoms with Gasteiger partial charge in [0.2, 0.25) is 5.60 Å². The summed E-state index contributed by atoms with van der Waals surface area (Å²) in [6.45, 7) is 11.9. The lowest BCUT2D eigenvalue weighted by molar-refractivity contribution is -0.485. The molecular weight excluding hydrogens is 724 g/mol. The molecule has 16 nitrogen and oxygen atoms in total. The quantitative estimate of drug-likeness (QED) is 0.260. The predicted molar refractivity (Wildman–Crippen MR) is 180 cm³/mol. The molecule has 1 aromatic rings.